The summed E-state index contributed by atoms with van der Waals surface area (Å²) in [6, 6.07) is 0.405. The topological polar surface area (TPSA) is 32.5 Å². The Hall–Kier alpha value is -0.120. The van der Waals surface area contributed by atoms with Gasteiger partial charge in [-0.2, -0.15) is 0 Å². The Morgan fingerprint density at radius 2 is 1.56 bits per heavy atom. The molecule has 2 N–H and O–H groups in total. The maximum atomic E-state index is 6.46. The van der Waals surface area contributed by atoms with Crippen LogP contribution in [0.2, 0.25) is 0 Å². The molecule has 1 atom stereocenters. The third-order valence-electron chi connectivity index (χ3n) is 4.85. The van der Waals surface area contributed by atoms with Crippen LogP contribution in [0, 0.1) is 5.92 Å². The average molecular weight is 253 g/mol. The summed E-state index contributed by atoms with van der Waals surface area (Å²) in [4.78, 5) is 5.17. The first-order chi connectivity index (χ1) is 8.79. The minimum Gasteiger partial charge on any atom is -0.326 e. The largest absolute Gasteiger partial charge is 0.326 e. The monoisotopic (exact) mass is 253 g/mol. The Bertz CT molecular complexity index is 216. The molecule has 0 amide bonds. The molecule has 0 aliphatic carbocycles. The molecule has 18 heavy (non-hydrogen) atoms. The Kier molecular flexibility index (Phi) is 5.93. The fourth-order valence-electron chi connectivity index (χ4n) is 3.46. The van der Waals surface area contributed by atoms with E-state index in [0.29, 0.717) is 6.04 Å². The third-order valence-corrected chi connectivity index (χ3v) is 4.85. The molecule has 2 aliphatic heterocycles. The summed E-state index contributed by atoms with van der Waals surface area (Å²) in [5.41, 5.74) is 6.46. The highest BCUT2D eigenvalue weighted by Gasteiger charge is 2.25. The number of hydrogen-bond donors (Lipinski definition) is 1. The molecule has 0 saturated carbocycles. The quantitative estimate of drug-likeness (QED) is 0.831. The second-order valence-electron chi connectivity index (χ2n) is 6.15. The molecule has 2 saturated heterocycles. The fraction of sp³-hybridized carbons (Fsp3) is 1.00. The van der Waals surface area contributed by atoms with E-state index in [1.807, 2.05) is 0 Å². The van der Waals surface area contributed by atoms with Gasteiger partial charge in [-0.25, -0.2) is 0 Å². The fourth-order valence-corrected chi connectivity index (χ4v) is 3.46. The number of nitrogens with two attached hydrogens (primary N) is 1. The molecule has 2 rings (SSSR count). The molecule has 0 aromatic rings. The molecule has 3 nitrogen and oxygen atoms in total. The van der Waals surface area contributed by atoms with Crippen LogP contribution >= 0.6 is 0 Å². The van der Waals surface area contributed by atoms with E-state index < -0.39 is 0 Å². The Labute approximate surface area is 113 Å². The highest BCUT2D eigenvalue weighted by molar-refractivity contribution is 4.82. The summed E-state index contributed by atoms with van der Waals surface area (Å²) in [5.74, 6) is 0.760. The van der Waals surface area contributed by atoms with Crippen molar-refractivity contribution in [3.63, 3.8) is 0 Å². The van der Waals surface area contributed by atoms with Gasteiger partial charge in [0, 0.05) is 12.6 Å². The van der Waals surface area contributed by atoms with Crippen molar-refractivity contribution in [1.29, 1.82) is 0 Å². The van der Waals surface area contributed by atoms with Gasteiger partial charge >= 0.3 is 0 Å². The van der Waals surface area contributed by atoms with Gasteiger partial charge in [-0.15, -0.1) is 0 Å². The zero-order valence-corrected chi connectivity index (χ0v) is 12.1. The van der Waals surface area contributed by atoms with Crippen LogP contribution in [-0.4, -0.2) is 55.1 Å². The smallest absolute Gasteiger partial charge is 0.0197 e. The maximum absolute atomic E-state index is 6.46. The van der Waals surface area contributed by atoms with E-state index in [0.717, 1.165) is 12.5 Å². The zero-order chi connectivity index (χ0) is 12.8. The molecular formula is C15H31N3. The summed E-state index contributed by atoms with van der Waals surface area (Å²) in [6.45, 7) is 9.68. The molecule has 1 unspecified atom stereocenters. The molecule has 0 aromatic heterocycles. The standard InChI is InChI=1S/C15H31N3/c1-2-17-11-7-14(8-12-17)15(16)13-18-9-5-3-4-6-10-18/h14-15H,2-13,16H2,1H3. The summed E-state index contributed by atoms with van der Waals surface area (Å²) >= 11 is 0. The SMILES string of the molecule is CCN1CCC(C(N)CN2CCCCCC2)CC1. The molecule has 0 bridgehead atoms. The molecule has 2 fully saturated rings. The minimum atomic E-state index is 0.405. The van der Waals surface area contributed by atoms with Crippen molar-refractivity contribution in [1.82, 2.24) is 9.80 Å². The van der Waals surface area contributed by atoms with Gasteiger partial charge in [0.25, 0.3) is 0 Å². The van der Waals surface area contributed by atoms with Gasteiger partial charge in [-0.3, -0.25) is 0 Å². The van der Waals surface area contributed by atoms with E-state index in [4.69, 9.17) is 5.73 Å². The van der Waals surface area contributed by atoms with Crippen molar-refractivity contribution < 1.29 is 0 Å². The predicted molar refractivity (Wildman–Crippen MR) is 77.7 cm³/mol. The molecular weight excluding hydrogens is 222 g/mol. The van der Waals surface area contributed by atoms with Crippen molar-refractivity contribution in [2.75, 3.05) is 39.3 Å². The van der Waals surface area contributed by atoms with Crippen LogP contribution in [0.1, 0.15) is 45.4 Å². The molecule has 0 spiro atoms. The van der Waals surface area contributed by atoms with Crippen LogP contribution in [0.4, 0.5) is 0 Å². The van der Waals surface area contributed by atoms with E-state index in [2.05, 4.69) is 16.7 Å². The number of rotatable bonds is 4. The second kappa shape index (κ2) is 7.46. The summed E-state index contributed by atoms with van der Waals surface area (Å²) in [5, 5.41) is 0. The first-order valence-electron chi connectivity index (χ1n) is 8.00. The lowest BCUT2D eigenvalue weighted by Gasteiger charge is -2.36. The van der Waals surface area contributed by atoms with Gasteiger partial charge in [0.05, 0.1) is 0 Å². The van der Waals surface area contributed by atoms with Gasteiger partial charge in [0.2, 0.25) is 0 Å². The van der Waals surface area contributed by atoms with Gasteiger partial charge in [-0.05, 0) is 64.3 Å². The lowest BCUT2D eigenvalue weighted by Crippen LogP contribution is -2.46. The van der Waals surface area contributed by atoms with Crippen molar-refractivity contribution in [2.45, 2.75) is 51.5 Å². The predicted octanol–water partition coefficient (Wildman–Crippen LogP) is 1.92. The highest BCUT2D eigenvalue weighted by Crippen LogP contribution is 2.21. The zero-order valence-electron chi connectivity index (χ0n) is 12.1. The molecule has 3 heteroatoms. The van der Waals surface area contributed by atoms with E-state index >= 15 is 0 Å². The number of piperidine rings is 1. The molecule has 106 valence electrons. The van der Waals surface area contributed by atoms with Crippen LogP contribution in [0.5, 0.6) is 0 Å². The number of likely N-dealkylation sites (tertiary alicyclic amines) is 2. The van der Waals surface area contributed by atoms with Crippen molar-refractivity contribution in [3.05, 3.63) is 0 Å². The third kappa shape index (κ3) is 4.22. The summed E-state index contributed by atoms with van der Waals surface area (Å²) < 4.78 is 0. The van der Waals surface area contributed by atoms with Crippen LogP contribution in [0.15, 0.2) is 0 Å². The molecule has 2 aliphatic rings. The Balaban J connectivity index is 1.72. The number of hydrogen-bond acceptors (Lipinski definition) is 3. The Morgan fingerprint density at radius 3 is 2.11 bits per heavy atom. The maximum Gasteiger partial charge on any atom is 0.0197 e. The van der Waals surface area contributed by atoms with Crippen molar-refractivity contribution >= 4 is 0 Å². The summed E-state index contributed by atoms with van der Waals surface area (Å²) in [6.07, 6.45) is 8.20. The molecule has 0 aromatic carbocycles. The lowest BCUT2D eigenvalue weighted by atomic mass is 9.89. The average Bonchev–Trinajstić information content (AvgIpc) is 2.67. The van der Waals surface area contributed by atoms with Crippen LogP contribution in [-0.2, 0) is 0 Å². The van der Waals surface area contributed by atoms with Gasteiger partial charge in [0.15, 0.2) is 0 Å². The van der Waals surface area contributed by atoms with Crippen molar-refractivity contribution in [2.24, 2.45) is 11.7 Å². The highest BCUT2D eigenvalue weighted by atomic mass is 15.1. The number of nitrogens with zero attached hydrogens (tertiary/aromatic N) is 2. The van der Waals surface area contributed by atoms with Gasteiger partial charge < -0.3 is 15.5 Å². The summed E-state index contributed by atoms with van der Waals surface area (Å²) in [7, 11) is 0. The van der Waals surface area contributed by atoms with Crippen LogP contribution in [0.25, 0.3) is 0 Å². The Morgan fingerprint density at radius 1 is 0.944 bits per heavy atom. The first-order valence-corrected chi connectivity index (χ1v) is 8.00. The molecule has 0 radical (unpaired) electrons. The first kappa shape index (κ1) is 14.3. The van der Waals surface area contributed by atoms with E-state index in [-0.39, 0.29) is 0 Å². The lowest BCUT2D eigenvalue weighted by molar-refractivity contribution is 0.153. The molecule has 2 heterocycles. The second-order valence-corrected chi connectivity index (χ2v) is 6.15. The van der Waals surface area contributed by atoms with E-state index in [1.54, 1.807) is 0 Å². The van der Waals surface area contributed by atoms with Gasteiger partial charge in [-0.1, -0.05) is 19.8 Å². The van der Waals surface area contributed by atoms with Crippen LogP contribution < -0.4 is 5.73 Å². The van der Waals surface area contributed by atoms with Crippen molar-refractivity contribution in [3.8, 4) is 0 Å². The van der Waals surface area contributed by atoms with Gasteiger partial charge in [0.1, 0.15) is 0 Å². The normalized spacial score (nSPS) is 27.0. The minimum absolute atomic E-state index is 0.405. The van der Waals surface area contributed by atoms with Crippen LogP contribution in [0.3, 0.4) is 0 Å². The van der Waals surface area contributed by atoms with E-state index in [9.17, 15) is 0 Å². The van der Waals surface area contributed by atoms with E-state index in [1.165, 1.54) is 71.2 Å².